The molecule has 0 spiro atoms. The van der Waals surface area contributed by atoms with Gasteiger partial charge >= 0.3 is 5.97 Å². The summed E-state index contributed by atoms with van der Waals surface area (Å²) in [7, 11) is 0. The Labute approximate surface area is 171 Å². The second-order valence-corrected chi connectivity index (χ2v) is 6.78. The molecular formula is C16H26N6O8. The van der Waals surface area contributed by atoms with Crippen LogP contribution in [0.3, 0.4) is 0 Å². The first kappa shape index (κ1) is 24.8. The van der Waals surface area contributed by atoms with E-state index in [2.05, 4.69) is 5.32 Å². The molecule has 0 aromatic rings. The quantitative estimate of drug-likeness (QED) is 0.166. The fourth-order valence-electron chi connectivity index (χ4n) is 2.95. The normalized spacial score (nSPS) is 18.7. The fourth-order valence-corrected chi connectivity index (χ4v) is 2.95. The molecule has 10 N–H and O–H groups in total. The minimum Gasteiger partial charge on any atom is -0.480 e. The van der Waals surface area contributed by atoms with Crippen molar-refractivity contribution >= 4 is 35.5 Å². The SMILES string of the molecule is NC(=O)CC(NC(=O)C(CC(N)=O)NC(=O)C1CCCN1C(=O)C(N)CO)C(=O)O. The number of aliphatic hydroxyl groups is 1. The Kier molecular flexibility index (Phi) is 9.14. The van der Waals surface area contributed by atoms with Gasteiger partial charge in [0.15, 0.2) is 0 Å². The molecule has 0 aromatic heterocycles. The molecule has 168 valence electrons. The molecule has 30 heavy (non-hydrogen) atoms. The van der Waals surface area contributed by atoms with Crippen molar-refractivity contribution in [2.45, 2.75) is 49.9 Å². The number of rotatable bonds is 11. The zero-order valence-electron chi connectivity index (χ0n) is 16.1. The summed E-state index contributed by atoms with van der Waals surface area (Å²) < 4.78 is 0. The number of hydrogen-bond donors (Lipinski definition) is 7. The van der Waals surface area contributed by atoms with Crippen molar-refractivity contribution in [2.75, 3.05) is 13.2 Å². The smallest absolute Gasteiger partial charge is 0.326 e. The number of primary amides is 2. The van der Waals surface area contributed by atoms with Crippen molar-refractivity contribution < 1.29 is 39.0 Å². The lowest BCUT2D eigenvalue weighted by atomic mass is 10.1. The standard InChI is InChI=1S/C16H26N6O8/c17-7(6-23)15(28)22-3-1-2-10(22)14(27)20-8(4-11(18)24)13(26)21-9(16(29)30)5-12(19)25/h7-10,23H,1-6,17H2,(H2,18,24)(H2,19,25)(H,20,27)(H,21,26)(H,29,30). The van der Waals surface area contributed by atoms with Gasteiger partial charge in [0.05, 0.1) is 19.4 Å². The van der Waals surface area contributed by atoms with Crippen LogP contribution in [-0.4, -0.2) is 87.9 Å². The average Bonchev–Trinajstić information content (AvgIpc) is 3.14. The van der Waals surface area contributed by atoms with Crippen LogP contribution in [0.4, 0.5) is 0 Å². The van der Waals surface area contributed by atoms with Crippen LogP contribution in [0.5, 0.6) is 0 Å². The number of aliphatic hydroxyl groups excluding tert-OH is 1. The van der Waals surface area contributed by atoms with Crippen LogP contribution in [-0.2, 0) is 28.8 Å². The molecule has 14 nitrogen and oxygen atoms in total. The summed E-state index contributed by atoms with van der Waals surface area (Å²) in [5.41, 5.74) is 15.5. The second-order valence-electron chi connectivity index (χ2n) is 6.78. The molecule has 1 rings (SSSR count). The Bertz CT molecular complexity index is 714. The maximum Gasteiger partial charge on any atom is 0.326 e. The molecule has 1 heterocycles. The summed E-state index contributed by atoms with van der Waals surface area (Å²) in [6.45, 7) is -0.413. The summed E-state index contributed by atoms with van der Waals surface area (Å²) >= 11 is 0. The van der Waals surface area contributed by atoms with E-state index >= 15 is 0 Å². The molecule has 0 saturated carbocycles. The minimum atomic E-state index is -1.67. The average molecular weight is 430 g/mol. The minimum absolute atomic E-state index is 0.205. The Morgan fingerprint density at radius 1 is 1.00 bits per heavy atom. The maximum atomic E-state index is 12.6. The van der Waals surface area contributed by atoms with Crippen molar-refractivity contribution in [1.29, 1.82) is 0 Å². The molecule has 0 aliphatic carbocycles. The molecule has 4 unspecified atom stereocenters. The lowest BCUT2D eigenvalue weighted by Crippen LogP contribution is -2.57. The van der Waals surface area contributed by atoms with E-state index in [1.165, 1.54) is 0 Å². The van der Waals surface area contributed by atoms with E-state index in [1.54, 1.807) is 0 Å². The first-order chi connectivity index (χ1) is 14.0. The van der Waals surface area contributed by atoms with Crippen molar-refractivity contribution in [3.63, 3.8) is 0 Å². The molecule has 1 aliphatic rings. The topological polar surface area (TPSA) is 248 Å². The van der Waals surface area contributed by atoms with E-state index in [0.29, 0.717) is 6.42 Å². The zero-order chi connectivity index (χ0) is 23.0. The van der Waals surface area contributed by atoms with Crippen LogP contribution >= 0.6 is 0 Å². The van der Waals surface area contributed by atoms with Gasteiger partial charge in [0.1, 0.15) is 24.2 Å². The molecule has 4 atom stereocenters. The summed E-state index contributed by atoms with van der Waals surface area (Å²) in [5, 5.41) is 22.4. The van der Waals surface area contributed by atoms with Crippen LogP contribution in [0.2, 0.25) is 0 Å². The van der Waals surface area contributed by atoms with E-state index in [9.17, 15) is 28.8 Å². The van der Waals surface area contributed by atoms with Gasteiger partial charge in [-0.25, -0.2) is 4.79 Å². The highest BCUT2D eigenvalue weighted by Gasteiger charge is 2.38. The van der Waals surface area contributed by atoms with Gasteiger partial charge in [-0.2, -0.15) is 0 Å². The summed E-state index contributed by atoms with van der Waals surface area (Å²) in [4.78, 5) is 71.9. The lowest BCUT2D eigenvalue weighted by molar-refractivity contribution is -0.144. The third kappa shape index (κ3) is 6.97. The monoisotopic (exact) mass is 430 g/mol. The van der Waals surface area contributed by atoms with Gasteiger partial charge in [-0.3, -0.25) is 24.0 Å². The van der Waals surface area contributed by atoms with Gasteiger partial charge in [0.2, 0.25) is 29.5 Å². The van der Waals surface area contributed by atoms with Gasteiger partial charge in [-0.15, -0.1) is 0 Å². The molecule has 1 aliphatic heterocycles. The van der Waals surface area contributed by atoms with E-state index in [0.717, 1.165) is 4.90 Å². The summed E-state index contributed by atoms with van der Waals surface area (Å²) in [6, 6.07) is -5.43. The third-order valence-electron chi connectivity index (χ3n) is 4.41. The Hall–Kier alpha value is -3.26. The number of carboxylic acids is 1. The Morgan fingerprint density at radius 2 is 1.57 bits per heavy atom. The molecule has 5 amide bonds. The Balaban J connectivity index is 2.93. The molecule has 0 aromatic carbocycles. The highest BCUT2D eigenvalue weighted by Crippen LogP contribution is 2.18. The number of hydrogen-bond acceptors (Lipinski definition) is 8. The van der Waals surface area contributed by atoms with Crippen molar-refractivity contribution in [3.8, 4) is 0 Å². The first-order valence-corrected chi connectivity index (χ1v) is 9.05. The number of carbonyl (C=O) groups excluding carboxylic acids is 5. The second kappa shape index (κ2) is 11.1. The van der Waals surface area contributed by atoms with E-state index in [1.807, 2.05) is 5.32 Å². The van der Waals surface area contributed by atoms with Crippen LogP contribution in [0.1, 0.15) is 25.7 Å². The number of nitrogens with zero attached hydrogens (tertiary/aromatic N) is 1. The number of carboxylic acid groups (broad SMARTS) is 1. The van der Waals surface area contributed by atoms with Gasteiger partial charge in [-0.1, -0.05) is 0 Å². The Morgan fingerprint density at radius 3 is 2.07 bits per heavy atom. The summed E-state index contributed by atoms with van der Waals surface area (Å²) in [5.74, 6) is -6.00. The number of nitrogens with two attached hydrogens (primary N) is 3. The predicted molar refractivity (Wildman–Crippen MR) is 98.9 cm³/mol. The van der Waals surface area contributed by atoms with Crippen molar-refractivity contribution in [1.82, 2.24) is 15.5 Å². The molecule has 14 heteroatoms. The van der Waals surface area contributed by atoms with Gasteiger partial charge < -0.3 is 42.9 Å². The number of carbonyl (C=O) groups is 6. The van der Waals surface area contributed by atoms with Crippen LogP contribution < -0.4 is 27.8 Å². The van der Waals surface area contributed by atoms with Gasteiger partial charge in [-0.05, 0) is 12.8 Å². The first-order valence-electron chi connectivity index (χ1n) is 9.05. The van der Waals surface area contributed by atoms with E-state index < -0.39 is 79.1 Å². The molecule has 0 bridgehead atoms. The molecule has 1 saturated heterocycles. The zero-order valence-corrected chi connectivity index (χ0v) is 16.1. The highest BCUT2D eigenvalue weighted by atomic mass is 16.4. The highest BCUT2D eigenvalue weighted by molar-refractivity contribution is 5.97. The van der Waals surface area contributed by atoms with E-state index in [4.69, 9.17) is 27.4 Å². The molecule has 1 fully saturated rings. The fraction of sp³-hybridized carbons (Fsp3) is 0.625. The number of aliphatic carboxylic acids is 1. The van der Waals surface area contributed by atoms with Crippen LogP contribution in [0, 0.1) is 0 Å². The summed E-state index contributed by atoms with van der Waals surface area (Å²) in [6.07, 6.45) is -0.645. The molecular weight excluding hydrogens is 404 g/mol. The van der Waals surface area contributed by atoms with Gasteiger partial charge in [0.25, 0.3) is 0 Å². The van der Waals surface area contributed by atoms with Crippen molar-refractivity contribution in [2.24, 2.45) is 17.2 Å². The number of nitrogens with one attached hydrogen (secondary N) is 2. The van der Waals surface area contributed by atoms with Crippen LogP contribution in [0.25, 0.3) is 0 Å². The maximum absolute atomic E-state index is 12.6. The lowest BCUT2D eigenvalue weighted by Gasteiger charge is -2.28. The van der Waals surface area contributed by atoms with Crippen LogP contribution in [0.15, 0.2) is 0 Å². The molecule has 0 radical (unpaired) electrons. The van der Waals surface area contributed by atoms with Gasteiger partial charge in [0, 0.05) is 6.54 Å². The number of likely N-dealkylation sites (tertiary alicyclic amines) is 1. The van der Waals surface area contributed by atoms with E-state index in [-0.39, 0.29) is 13.0 Å². The number of amides is 5. The largest absolute Gasteiger partial charge is 0.480 e. The van der Waals surface area contributed by atoms with Crippen molar-refractivity contribution in [3.05, 3.63) is 0 Å². The predicted octanol–water partition coefficient (Wildman–Crippen LogP) is -4.90. The third-order valence-corrected chi connectivity index (χ3v) is 4.41.